The van der Waals surface area contributed by atoms with Gasteiger partial charge in [-0.05, 0) is 149 Å². The minimum atomic E-state index is -1.19. The van der Waals surface area contributed by atoms with Crippen molar-refractivity contribution < 1.29 is 29.3 Å². The number of nitrogens with zero attached hydrogens (tertiary/aromatic N) is 1. The van der Waals surface area contributed by atoms with Gasteiger partial charge in [-0.15, -0.1) is 0 Å². The number of allylic oxidation sites excluding steroid dienone is 2. The van der Waals surface area contributed by atoms with Crippen LogP contribution >= 0.6 is 0 Å². The lowest BCUT2D eigenvalue weighted by molar-refractivity contribution is -0.120. The van der Waals surface area contributed by atoms with Gasteiger partial charge in [0.2, 0.25) is 0 Å². The van der Waals surface area contributed by atoms with E-state index in [4.69, 9.17) is 9.47 Å². The van der Waals surface area contributed by atoms with Crippen LogP contribution in [0.3, 0.4) is 0 Å². The average molecular weight is 686 g/mol. The third kappa shape index (κ3) is 6.89. The van der Waals surface area contributed by atoms with Gasteiger partial charge in [0.25, 0.3) is 0 Å². The molecule has 7 heteroatoms. The molecule has 7 atom stereocenters. The molecule has 6 aliphatic carbocycles. The first-order chi connectivity index (χ1) is 23.8. The van der Waals surface area contributed by atoms with Crippen LogP contribution in [-0.4, -0.2) is 65.5 Å². The highest BCUT2D eigenvalue weighted by atomic mass is 16.6. The van der Waals surface area contributed by atoms with Gasteiger partial charge in [-0.3, -0.25) is 4.79 Å². The molecule has 272 valence electrons. The quantitative estimate of drug-likeness (QED) is 0.214. The van der Waals surface area contributed by atoms with Crippen LogP contribution in [0, 0.1) is 28.6 Å². The number of hydrogen-bond acceptors (Lipinski definition) is 6. The number of hydrogen-bond donors (Lipinski definition) is 2. The maximum Gasteiger partial charge on any atom is 0.409 e. The first kappa shape index (κ1) is 36.6. The lowest BCUT2D eigenvalue weighted by Crippen LogP contribution is -2.58. The Hall–Kier alpha value is -3.16. The summed E-state index contributed by atoms with van der Waals surface area (Å²) >= 11 is 0. The molecule has 50 heavy (non-hydrogen) atoms. The van der Waals surface area contributed by atoms with E-state index in [1.807, 2.05) is 17.9 Å². The number of fused-ring (bicyclic) bond motifs is 10. The number of amides is 1. The molecule has 0 unspecified atom stereocenters. The normalized spacial score (nSPS) is 31.8. The van der Waals surface area contributed by atoms with Crippen LogP contribution in [0.4, 0.5) is 4.79 Å². The van der Waals surface area contributed by atoms with Gasteiger partial charge in [0.1, 0.15) is 5.75 Å². The van der Waals surface area contributed by atoms with Crippen LogP contribution in [0.15, 0.2) is 54.1 Å². The number of aliphatic hydroxyl groups excluding tert-OH is 1. The van der Waals surface area contributed by atoms with Crippen LogP contribution in [0.25, 0.3) is 0 Å². The Morgan fingerprint density at radius 3 is 2.44 bits per heavy atom. The zero-order valence-corrected chi connectivity index (χ0v) is 31.2. The minimum absolute atomic E-state index is 0.0773. The summed E-state index contributed by atoms with van der Waals surface area (Å²) in [6.07, 6.45) is 9.50. The molecule has 0 radical (unpaired) electrons. The molecule has 4 bridgehead atoms. The predicted molar refractivity (Wildman–Crippen MR) is 197 cm³/mol. The summed E-state index contributed by atoms with van der Waals surface area (Å²) in [6, 6.07) is 13.3. The monoisotopic (exact) mass is 685 g/mol. The van der Waals surface area contributed by atoms with Crippen LogP contribution in [0.1, 0.15) is 125 Å². The van der Waals surface area contributed by atoms with E-state index in [9.17, 15) is 19.8 Å². The molecule has 0 heterocycles. The molecule has 2 aromatic carbocycles. The van der Waals surface area contributed by atoms with E-state index in [-0.39, 0.29) is 36.4 Å². The largest absolute Gasteiger partial charge is 0.497 e. The number of ether oxygens (including phenoxy) is 2. The van der Waals surface area contributed by atoms with Crippen molar-refractivity contribution >= 4 is 11.9 Å². The number of aliphatic hydroxyl groups is 2. The molecule has 0 spiro atoms. The van der Waals surface area contributed by atoms with Crippen LogP contribution < -0.4 is 4.74 Å². The second-order valence-electron chi connectivity index (χ2n) is 16.8. The third-order valence-electron chi connectivity index (χ3n) is 13.7. The van der Waals surface area contributed by atoms with Crippen molar-refractivity contribution in [2.45, 2.75) is 116 Å². The highest BCUT2D eigenvalue weighted by Gasteiger charge is 2.59. The van der Waals surface area contributed by atoms with E-state index in [1.54, 1.807) is 31.4 Å². The van der Waals surface area contributed by atoms with Gasteiger partial charge in [0.05, 0.1) is 32.0 Å². The molecule has 0 saturated heterocycles. The summed E-state index contributed by atoms with van der Waals surface area (Å²) < 4.78 is 11.0. The topological polar surface area (TPSA) is 96.3 Å². The Bertz CT molecular complexity index is 1580. The van der Waals surface area contributed by atoms with Crippen molar-refractivity contribution in [2.24, 2.45) is 28.6 Å². The predicted octanol–water partition coefficient (Wildman–Crippen LogP) is 8.50. The van der Waals surface area contributed by atoms with Gasteiger partial charge in [-0.25, -0.2) is 4.79 Å². The smallest absolute Gasteiger partial charge is 0.409 e. The van der Waals surface area contributed by atoms with E-state index in [1.165, 1.54) is 18.4 Å². The lowest BCUT2D eigenvalue weighted by atomic mass is 9.45. The van der Waals surface area contributed by atoms with Crippen LogP contribution in [0.5, 0.6) is 5.75 Å². The SMILES string of the molecule is CCOC(=O)N(C[C@@H]1CC[C@H]2C[C@@H]1C2(C)C)C[C@]1(O)CC[C@H]2c3ccc(cc3C(=O)c3ccc(OC)cc3)C[C@@H](O)CCC(C)=CCC[C@@]21C. The molecular weight excluding hydrogens is 626 g/mol. The molecule has 4 saturated carbocycles. The summed E-state index contributed by atoms with van der Waals surface area (Å²) in [6.45, 7) is 12.0. The lowest BCUT2D eigenvalue weighted by Gasteiger charge is -2.60. The van der Waals surface area contributed by atoms with E-state index in [0.29, 0.717) is 67.4 Å². The maximum absolute atomic E-state index is 14.4. The summed E-state index contributed by atoms with van der Waals surface area (Å²) in [5.74, 6) is 2.22. The third-order valence-corrected chi connectivity index (χ3v) is 13.7. The Labute approximate surface area is 299 Å². The van der Waals surface area contributed by atoms with Crippen molar-refractivity contribution in [3.05, 3.63) is 76.4 Å². The number of carbonyl (C=O) groups is 2. The molecular formula is C43H59NO6. The van der Waals surface area contributed by atoms with E-state index < -0.39 is 17.1 Å². The van der Waals surface area contributed by atoms with E-state index in [2.05, 4.69) is 45.9 Å². The average Bonchev–Trinajstić information content (AvgIpc) is 3.35. The highest BCUT2D eigenvalue weighted by molar-refractivity contribution is 6.10. The second kappa shape index (κ2) is 14.5. The summed E-state index contributed by atoms with van der Waals surface area (Å²) in [5, 5.41) is 24.0. The minimum Gasteiger partial charge on any atom is -0.497 e. The van der Waals surface area contributed by atoms with Crippen LogP contribution in [0.2, 0.25) is 0 Å². The van der Waals surface area contributed by atoms with Crippen molar-refractivity contribution in [3.8, 4) is 5.75 Å². The highest BCUT2D eigenvalue weighted by Crippen LogP contribution is 2.62. The van der Waals surface area contributed by atoms with Gasteiger partial charge in [0, 0.05) is 23.1 Å². The standard InChI is InChI=1S/C43H59NO6/c1-7-50-40(47)44(26-31-12-15-32-25-38(31)41(32,3)4)27-43(48)22-20-37-35-19-11-29(23-33(45)16-10-28(2)9-8-21-42(37,43)5)24-36(35)39(46)30-13-17-34(49-6)18-14-30/h9,11,13-14,17-19,24,31-33,37-38,45,48H,7-8,10,12,15-16,20-23,25-27H2,1-6H3/t31-,32-,33-,37-,38-,42-,43+/m0/s1. The molecule has 7 nitrogen and oxygen atoms in total. The number of ketones is 1. The Morgan fingerprint density at radius 1 is 1.00 bits per heavy atom. The van der Waals surface area contributed by atoms with Gasteiger partial charge in [-0.2, -0.15) is 0 Å². The first-order valence-electron chi connectivity index (χ1n) is 19.1. The van der Waals surface area contributed by atoms with Gasteiger partial charge >= 0.3 is 6.09 Å². The van der Waals surface area contributed by atoms with Gasteiger partial charge in [-0.1, -0.05) is 44.6 Å². The Balaban J connectivity index is 1.39. The Morgan fingerprint density at radius 2 is 1.76 bits per heavy atom. The molecule has 1 amide bonds. The zero-order valence-electron chi connectivity index (χ0n) is 31.2. The molecule has 8 rings (SSSR count). The fraction of sp³-hybridized carbons (Fsp3) is 0.628. The molecule has 2 N–H and O–H groups in total. The van der Waals surface area contributed by atoms with Crippen molar-refractivity contribution in [3.63, 3.8) is 0 Å². The number of rotatable bonds is 8. The fourth-order valence-electron chi connectivity index (χ4n) is 10.3. The fourth-order valence-corrected chi connectivity index (χ4v) is 10.3. The van der Waals surface area contributed by atoms with Crippen molar-refractivity contribution in [1.82, 2.24) is 4.90 Å². The van der Waals surface area contributed by atoms with E-state index >= 15 is 0 Å². The zero-order chi connectivity index (χ0) is 35.8. The molecule has 6 aliphatic rings. The van der Waals surface area contributed by atoms with Crippen molar-refractivity contribution in [2.75, 3.05) is 26.8 Å². The van der Waals surface area contributed by atoms with Gasteiger partial charge in [0.15, 0.2) is 5.78 Å². The summed E-state index contributed by atoms with van der Waals surface area (Å²) in [7, 11) is 1.61. The summed E-state index contributed by atoms with van der Waals surface area (Å²) in [5.41, 5.74) is 2.74. The number of carbonyl (C=O) groups excluding carboxylic acids is 2. The maximum atomic E-state index is 14.4. The Kier molecular flexibility index (Phi) is 10.6. The second-order valence-corrected chi connectivity index (χ2v) is 16.8. The number of benzene rings is 2. The molecule has 4 fully saturated rings. The van der Waals surface area contributed by atoms with Crippen molar-refractivity contribution in [1.29, 1.82) is 0 Å². The summed E-state index contributed by atoms with van der Waals surface area (Å²) in [4.78, 5) is 29.9. The number of methoxy groups -OCH3 is 1. The molecule has 0 aliphatic heterocycles. The molecule has 2 aromatic rings. The van der Waals surface area contributed by atoms with E-state index in [0.717, 1.165) is 36.3 Å². The first-order valence-corrected chi connectivity index (χ1v) is 19.1. The van der Waals surface area contributed by atoms with Crippen LogP contribution in [-0.2, 0) is 11.2 Å². The molecule has 0 aromatic heterocycles. The van der Waals surface area contributed by atoms with Gasteiger partial charge < -0.3 is 24.6 Å².